The minimum absolute atomic E-state index is 0.0598. The first-order valence-corrected chi connectivity index (χ1v) is 9.49. The predicted molar refractivity (Wildman–Crippen MR) is 106 cm³/mol. The molecule has 0 radical (unpaired) electrons. The van der Waals surface area contributed by atoms with Gasteiger partial charge in [0.1, 0.15) is 11.2 Å². The molecule has 0 amide bonds. The molecule has 0 atom stereocenters. The molecule has 2 aromatic heterocycles. The van der Waals surface area contributed by atoms with E-state index in [0.29, 0.717) is 18.5 Å². The third-order valence-corrected chi connectivity index (χ3v) is 4.88. The van der Waals surface area contributed by atoms with Crippen LogP contribution in [-0.4, -0.2) is 11.6 Å². The Morgan fingerprint density at radius 3 is 2.26 bits per heavy atom. The number of rotatable bonds is 6. The number of nitrogens with zero attached hydrogens (tertiary/aromatic N) is 1. The van der Waals surface area contributed by atoms with E-state index in [4.69, 9.17) is 9.15 Å². The second-order valence-electron chi connectivity index (χ2n) is 6.80. The van der Waals surface area contributed by atoms with Gasteiger partial charge in [0.05, 0.1) is 17.4 Å². The Hall–Kier alpha value is -3.42. The summed E-state index contributed by atoms with van der Waals surface area (Å²) in [7, 11) is 0. The Morgan fingerprint density at radius 1 is 0.935 bits per heavy atom. The van der Waals surface area contributed by atoms with Crippen molar-refractivity contribution < 1.29 is 31.1 Å². The number of hydrogen-bond acceptors (Lipinski definition) is 3. The van der Waals surface area contributed by atoms with Gasteiger partial charge in [-0.3, -0.25) is 0 Å². The number of halogens is 5. The largest absolute Gasteiger partial charge is 0.491 e. The number of aromatic nitrogens is 1. The molecular weight excluding hydrogens is 417 g/mol. The Labute approximate surface area is 173 Å². The highest BCUT2D eigenvalue weighted by molar-refractivity contribution is 6.07. The highest BCUT2D eigenvalue weighted by atomic mass is 19.2. The van der Waals surface area contributed by atoms with Crippen LogP contribution in [-0.2, 0) is 6.42 Å². The fourth-order valence-electron chi connectivity index (χ4n) is 3.45. The van der Waals surface area contributed by atoms with Gasteiger partial charge in [-0.2, -0.15) is 8.78 Å². The third kappa shape index (κ3) is 3.41. The van der Waals surface area contributed by atoms with Crippen LogP contribution in [0.4, 0.5) is 22.0 Å². The van der Waals surface area contributed by atoms with Gasteiger partial charge in [0.15, 0.2) is 23.2 Å². The van der Waals surface area contributed by atoms with E-state index < -0.39 is 51.3 Å². The van der Waals surface area contributed by atoms with Crippen molar-refractivity contribution in [2.45, 2.75) is 19.8 Å². The van der Waals surface area contributed by atoms with Crippen molar-refractivity contribution in [2.75, 3.05) is 6.61 Å². The summed E-state index contributed by atoms with van der Waals surface area (Å²) >= 11 is 0. The molecule has 2 heterocycles. The zero-order valence-corrected chi connectivity index (χ0v) is 16.4. The number of aryl methyl sites for hydroxylation is 1. The van der Waals surface area contributed by atoms with Gasteiger partial charge in [0, 0.05) is 22.9 Å². The summed E-state index contributed by atoms with van der Waals surface area (Å²) in [5.41, 5.74) is -0.817. The SMILES string of the molecule is C=CCCc1ccc(-c2cc3oc4cc(OCC)c(F)c(F)c4c3c(F)c2F)c(F)n1. The molecular formula is C23H16F5NO2. The molecule has 0 N–H and O–H groups in total. The van der Waals surface area contributed by atoms with E-state index >= 15 is 0 Å². The van der Waals surface area contributed by atoms with E-state index in [1.165, 1.54) is 12.1 Å². The minimum Gasteiger partial charge on any atom is -0.491 e. The maximum atomic E-state index is 14.9. The van der Waals surface area contributed by atoms with Crippen molar-refractivity contribution in [2.24, 2.45) is 0 Å². The van der Waals surface area contributed by atoms with Gasteiger partial charge >= 0.3 is 0 Å². The fourth-order valence-corrected chi connectivity index (χ4v) is 3.45. The van der Waals surface area contributed by atoms with Gasteiger partial charge in [-0.15, -0.1) is 6.58 Å². The Morgan fingerprint density at radius 2 is 1.61 bits per heavy atom. The average molecular weight is 433 g/mol. The van der Waals surface area contributed by atoms with Crippen LogP contribution in [0.15, 0.2) is 41.3 Å². The van der Waals surface area contributed by atoms with E-state index in [-0.39, 0.29) is 23.3 Å². The molecule has 4 aromatic rings. The Bertz CT molecular complexity index is 1330. The van der Waals surface area contributed by atoms with Crippen molar-refractivity contribution in [3.8, 4) is 16.9 Å². The van der Waals surface area contributed by atoms with Gasteiger partial charge in [0.2, 0.25) is 11.8 Å². The zero-order chi connectivity index (χ0) is 22.3. The van der Waals surface area contributed by atoms with Crippen molar-refractivity contribution in [3.63, 3.8) is 0 Å². The van der Waals surface area contributed by atoms with Crippen molar-refractivity contribution in [1.82, 2.24) is 4.98 Å². The topological polar surface area (TPSA) is 35.3 Å². The molecule has 3 nitrogen and oxygen atoms in total. The second kappa shape index (κ2) is 8.02. The Balaban J connectivity index is 1.93. The monoisotopic (exact) mass is 433 g/mol. The first-order valence-electron chi connectivity index (χ1n) is 9.49. The average Bonchev–Trinajstić information content (AvgIpc) is 3.12. The minimum atomic E-state index is -1.48. The highest BCUT2D eigenvalue weighted by Gasteiger charge is 2.26. The van der Waals surface area contributed by atoms with Crippen molar-refractivity contribution >= 4 is 21.9 Å². The molecule has 8 heteroatoms. The number of allylic oxidation sites excluding steroid dienone is 1. The van der Waals surface area contributed by atoms with Crippen LogP contribution < -0.4 is 4.74 Å². The van der Waals surface area contributed by atoms with Crippen LogP contribution in [0.25, 0.3) is 33.1 Å². The van der Waals surface area contributed by atoms with Crippen LogP contribution >= 0.6 is 0 Å². The molecule has 0 saturated heterocycles. The maximum absolute atomic E-state index is 14.9. The molecule has 0 bridgehead atoms. The van der Waals surface area contributed by atoms with E-state index in [1.807, 2.05) is 0 Å². The van der Waals surface area contributed by atoms with Crippen LogP contribution in [0, 0.1) is 29.2 Å². The van der Waals surface area contributed by atoms with Gasteiger partial charge in [-0.1, -0.05) is 6.08 Å². The first kappa shape index (κ1) is 20.8. The summed E-state index contributed by atoms with van der Waals surface area (Å²) in [6.07, 6.45) is 2.66. The third-order valence-electron chi connectivity index (χ3n) is 4.88. The van der Waals surface area contributed by atoms with Gasteiger partial charge < -0.3 is 9.15 Å². The maximum Gasteiger partial charge on any atom is 0.221 e. The lowest BCUT2D eigenvalue weighted by atomic mass is 10.0. The highest BCUT2D eigenvalue weighted by Crippen LogP contribution is 2.40. The lowest BCUT2D eigenvalue weighted by Gasteiger charge is -2.08. The fraction of sp³-hybridized carbons (Fsp3) is 0.174. The van der Waals surface area contributed by atoms with E-state index in [9.17, 15) is 22.0 Å². The van der Waals surface area contributed by atoms with Gasteiger partial charge in [-0.05, 0) is 38.0 Å². The van der Waals surface area contributed by atoms with E-state index in [2.05, 4.69) is 11.6 Å². The number of furan rings is 1. The molecule has 0 spiro atoms. The zero-order valence-electron chi connectivity index (χ0n) is 16.4. The first-order chi connectivity index (χ1) is 14.9. The second-order valence-corrected chi connectivity index (χ2v) is 6.80. The summed E-state index contributed by atoms with van der Waals surface area (Å²) in [6, 6.07) is 4.87. The summed E-state index contributed by atoms with van der Waals surface area (Å²) < 4.78 is 83.7. The number of pyridine rings is 1. The summed E-state index contributed by atoms with van der Waals surface area (Å²) in [4.78, 5) is 3.78. The standard InChI is InChI=1S/C23H16F5NO2/c1-3-5-6-11-7-8-12(23(28)29-11)13-9-14-17(21(26)19(13)24)18-15(31-14)10-16(30-4-2)20(25)22(18)27/h3,7-10H,1,4-6H2,2H3. The number of fused-ring (bicyclic) bond motifs is 3. The normalized spacial score (nSPS) is 11.4. The smallest absolute Gasteiger partial charge is 0.221 e. The number of benzene rings is 2. The molecule has 2 aromatic carbocycles. The van der Waals surface area contributed by atoms with Crippen molar-refractivity contribution in [3.05, 3.63) is 71.8 Å². The van der Waals surface area contributed by atoms with Crippen LogP contribution in [0.2, 0.25) is 0 Å². The quantitative estimate of drug-likeness (QED) is 0.189. The lowest BCUT2D eigenvalue weighted by Crippen LogP contribution is -1.99. The Kier molecular flexibility index (Phi) is 5.39. The molecule has 31 heavy (non-hydrogen) atoms. The van der Waals surface area contributed by atoms with E-state index in [1.54, 1.807) is 13.0 Å². The molecule has 0 aliphatic heterocycles. The van der Waals surface area contributed by atoms with Gasteiger partial charge in [0.25, 0.3) is 0 Å². The van der Waals surface area contributed by atoms with Crippen LogP contribution in [0.1, 0.15) is 19.0 Å². The lowest BCUT2D eigenvalue weighted by molar-refractivity contribution is 0.315. The van der Waals surface area contributed by atoms with Crippen LogP contribution in [0.3, 0.4) is 0 Å². The summed E-state index contributed by atoms with van der Waals surface area (Å²) in [5, 5.41) is -1.14. The number of hydrogen-bond donors (Lipinski definition) is 0. The molecule has 0 aliphatic rings. The van der Waals surface area contributed by atoms with Crippen molar-refractivity contribution in [1.29, 1.82) is 0 Å². The molecule has 160 valence electrons. The molecule has 4 rings (SSSR count). The predicted octanol–water partition coefficient (Wildman–Crippen LogP) is 6.86. The van der Waals surface area contributed by atoms with Crippen LogP contribution in [0.5, 0.6) is 5.75 Å². The molecule has 0 saturated carbocycles. The number of ether oxygens (including phenoxy) is 1. The molecule has 0 fully saturated rings. The summed E-state index contributed by atoms with van der Waals surface area (Å²) in [5.74, 6) is -7.09. The van der Waals surface area contributed by atoms with E-state index in [0.717, 1.165) is 12.1 Å². The van der Waals surface area contributed by atoms with Gasteiger partial charge in [-0.25, -0.2) is 18.2 Å². The summed E-state index contributed by atoms with van der Waals surface area (Å²) in [6.45, 7) is 5.21. The molecule has 0 unspecified atom stereocenters. The molecule has 0 aliphatic carbocycles.